The molecule has 1 aromatic rings. The Hall–Kier alpha value is -1.35. The van der Waals surface area contributed by atoms with Crippen molar-refractivity contribution in [2.45, 2.75) is 45.6 Å². The normalized spacial score (nSPS) is 27.2. The standard InChI is InChI=1S/C19H27NO2/c1-3-10-22-13-18-17-9-5-8-16(17)12-20(18)19(21)15-7-4-6-14(2)11-15/h4,6-7,11,16-18H,3,5,8-10,12-13H2,1-2H3. The lowest BCUT2D eigenvalue weighted by Crippen LogP contribution is -2.41. The van der Waals surface area contributed by atoms with Crippen molar-refractivity contribution < 1.29 is 9.53 Å². The van der Waals surface area contributed by atoms with Gasteiger partial charge in [0.1, 0.15) is 0 Å². The van der Waals surface area contributed by atoms with E-state index in [0.717, 1.165) is 30.7 Å². The summed E-state index contributed by atoms with van der Waals surface area (Å²) in [5.74, 6) is 1.51. The van der Waals surface area contributed by atoms with Gasteiger partial charge in [-0.2, -0.15) is 0 Å². The number of hydrogen-bond donors (Lipinski definition) is 0. The number of carbonyl (C=O) groups is 1. The zero-order valence-electron chi connectivity index (χ0n) is 13.8. The number of aryl methyl sites for hydroxylation is 1. The molecule has 1 aliphatic carbocycles. The molecule has 1 aliphatic heterocycles. The molecule has 1 saturated heterocycles. The fourth-order valence-electron chi connectivity index (χ4n) is 4.16. The average molecular weight is 301 g/mol. The Labute approximate surface area is 133 Å². The van der Waals surface area contributed by atoms with Gasteiger partial charge in [-0.1, -0.05) is 31.0 Å². The number of fused-ring (bicyclic) bond motifs is 1. The first kappa shape index (κ1) is 15.5. The lowest BCUT2D eigenvalue weighted by molar-refractivity contribution is 0.0464. The number of hydrogen-bond acceptors (Lipinski definition) is 2. The number of carbonyl (C=O) groups excluding carboxylic acids is 1. The van der Waals surface area contributed by atoms with Gasteiger partial charge in [-0.3, -0.25) is 4.79 Å². The second kappa shape index (κ2) is 6.82. The van der Waals surface area contributed by atoms with Crippen LogP contribution in [0.1, 0.15) is 48.5 Å². The topological polar surface area (TPSA) is 29.5 Å². The van der Waals surface area contributed by atoms with E-state index in [4.69, 9.17) is 4.74 Å². The number of benzene rings is 1. The highest BCUT2D eigenvalue weighted by Gasteiger charge is 2.45. The maximum absolute atomic E-state index is 12.9. The van der Waals surface area contributed by atoms with Crippen LogP contribution in [0.2, 0.25) is 0 Å². The Morgan fingerprint density at radius 3 is 3.00 bits per heavy atom. The van der Waals surface area contributed by atoms with Crippen LogP contribution in [-0.4, -0.2) is 36.6 Å². The molecule has 3 heteroatoms. The quantitative estimate of drug-likeness (QED) is 0.777. The molecule has 3 nitrogen and oxygen atoms in total. The summed E-state index contributed by atoms with van der Waals surface area (Å²) in [6.07, 6.45) is 4.87. The number of nitrogens with zero attached hydrogens (tertiary/aromatic N) is 1. The van der Waals surface area contributed by atoms with E-state index >= 15 is 0 Å². The molecule has 22 heavy (non-hydrogen) atoms. The van der Waals surface area contributed by atoms with Crippen LogP contribution < -0.4 is 0 Å². The molecule has 1 aromatic carbocycles. The van der Waals surface area contributed by atoms with Crippen molar-refractivity contribution in [1.82, 2.24) is 4.90 Å². The molecular weight excluding hydrogens is 274 g/mol. The van der Waals surface area contributed by atoms with Crippen LogP contribution in [0.5, 0.6) is 0 Å². The second-order valence-corrected chi connectivity index (χ2v) is 6.82. The van der Waals surface area contributed by atoms with Crippen molar-refractivity contribution >= 4 is 5.91 Å². The van der Waals surface area contributed by atoms with E-state index in [1.807, 2.05) is 31.2 Å². The van der Waals surface area contributed by atoms with Gasteiger partial charge < -0.3 is 9.64 Å². The number of likely N-dealkylation sites (tertiary alicyclic amines) is 1. The minimum absolute atomic E-state index is 0.184. The molecule has 1 heterocycles. The number of rotatable bonds is 5. The van der Waals surface area contributed by atoms with E-state index < -0.39 is 0 Å². The monoisotopic (exact) mass is 301 g/mol. The van der Waals surface area contributed by atoms with Gasteiger partial charge in [0.15, 0.2) is 0 Å². The van der Waals surface area contributed by atoms with Crippen molar-refractivity contribution in [3.8, 4) is 0 Å². The third-order valence-corrected chi connectivity index (χ3v) is 5.21. The number of amides is 1. The summed E-state index contributed by atoms with van der Waals surface area (Å²) >= 11 is 0. The highest BCUT2D eigenvalue weighted by atomic mass is 16.5. The first-order valence-corrected chi connectivity index (χ1v) is 8.66. The van der Waals surface area contributed by atoms with Gasteiger partial charge in [0.2, 0.25) is 0 Å². The predicted octanol–water partition coefficient (Wildman–Crippen LogP) is 3.66. The van der Waals surface area contributed by atoms with Crippen LogP contribution >= 0.6 is 0 Å². The average Bonchev–Trinajstić information content (AvgIpc) is 3.09. The Balaban J connectivity index is 1.76. The molecule has 0 radical (unpaired) electrons. The van der Waals surface area contributed by atoms with Gasteiger partial charge >= 0.3 is 0 Å². The highest BCUT2D eigenvalue weighted by molar-refractivity contribution is 5.94. The highest BCUT2D eigenvalue weighted by Crippen LogP contribution is 2.42. The molecule has 1 saturated carbocycles. The van der Waals surface area contributed by atoms with E-state index in [2.05, 4.69) is 11.8 Å². The van der Waals surface area contributed by atoms with Gasteiger partial charge in [0.05, 0.1) is 12.6 Å². The SMILES string of the molecule is CCCOCC1C2CCCC2CN1C(=O)c1cccc(C)c1. The fourth-order valence-corrected chi connectivity index (χ4v) is 4.16. The molecule has 3 unspecified atom stereocenters. The second-order valence-electron chi connectivity index (χ2n) is 6.82. The Morgan fingerprint density at radius 1 is 1.36 bits per heavy atom. The van der Waals surface area contributed by atoms with Gasteiger partial charge in [-0.25, -0.2) is 0 Å². The lowest BCUT2D eigenvalue weighted by atomic mass is 9.94. The zero-order chi connectivity index (χ0) is 15.5. The molecule has 3 rings (SSSR count). The summed E-state index contributed by atoms with van der Waals surface area (Å²) in [6, 6.07) is 8.22. The third kappa shape index (κ3) is 3.05. The summed E-state index contributed by atoms with van der Waals surface area (Å²) in [5.41, 5.74) is 1.96. The van der Waals surface area contributed by atoms with Gasteiger partial charge in [0.25, 0.3) is 5.91 Å². The Kier molecular flexibility index (Phi) is 4.82. The smallest absolute Gasteiger partial charge is 0.254 e. The van der Waals surface area contributed by atoms with Crippen molar-refractivity contribution in [3.63, 3.8) is 0 Å². The molecule has 2 fully saturated rings. The molecule has 0 N–H and O–H groups in total. The van der Waals surface area contributed by atoms with E-state index in [1.165, 1.54) is 19.3 Å². The van der Waals surface area contributed by atoms with Crippen molar-refractivity contribution in [2.24, 2.45) is 11.8 Å². The van der Waals surface area contributed by atoms with Crippen LogP contribution in [0.15, 0.2) is 24.3 Å². The Bertz CT molecular complexity index is 528. The van der Waals surface area contributed by atoms with E-state index in [9.17, 15) is 4.79 Å². The van der Waals surface area contributed by atoms with E-state index in [-0.39, 0.29) is 11.9 Å². The van der Waals surface area contributed by atoms with Gasteiger partial charge in [0, 0.05) is 18.7 Å². The van der Waals surface area contributed by atoms with Crippen LogP contribution in [0.3, 0.4) is 0 Å². The summed E-state index contributed by atoms with van der Waals surface area (Å²) in [5, 5.41) is 0. The first-order chi connectivity index (χ1) is 10.7. The molecule has 1 amide bonds. The summed E-state index contributed by atoms with van der Waals surface area (Å²) in [4.78, 5) is 15.0. The molecule has 3 atom stereocenters. The van der Waals surface area contributed by atoms with Crippen LogP contribution in [0.4, 0.5) is 0 Å². The molecule has 0 bridgehead atoms. The number of ether oxygens (including phenoxy) is 1. The third-order valence-electron chi connectivity index (χ3n) is 5.21. The van der Waals surface area contributed by atoms with E-state index in [1.54, 1.807) is 0 Å². The summed E-state index contributed by atoms with van der Waals surface area (Å²) in [7, 11) is 0. The molecule has 0 aromatic heterocycles. The minimum atomic E-state index is 0.184. The van der Waals surface area contributed by atoms with Crippen LogP contribution in [0, 0.1) is 18.8 Å². The summed E-state index contributed by atoms with van der Waals surface area (Å²) < 4.78 is 5.82. The summed E-state index contributed by atoms with van der Waals surface area (Å²) in [6.45, 7) is 6.57. The predicted molar refractivity (Wildman–Crippen MR) is 87.9 cm³/mol. The van der Waals surface area contributed by atoms with Gasteiger partial charge in [-0.15, -0.1) is 0 Å². The van der Waals surface area contributed by atoms with Crippen LogP contribution in [-0.2, 0) is 4.74 Å². The van der Waals surface area contributed by atoms with Crippen molar-refractivity contribution in [1.29, 1.82) is 0 Å². The molecule has 2 aliphatic rings. The Morgan fingerprint density at radius 2 is 2.23 bits per heavy atom. The molecule has 120 valence electrons. The lowest BCUT2D eigenvalue weighted by Gasteiger charge is -2.28. The zero-order valence-corrected chi connectivity index (χ0v) is 13.8. The molecule has 0 spiro atoms. The molecular formula is C19H27NO2. The maximum atomic E-state index is 12.9. The van der Waals surface area contributed by atoms with Crippen molar-refractivity contribution in [2.75, 3.05) is 19.8 Å². The fraction of sp³-hybridized carbons (Fsp3) is 0.632. The van der Waals surface area contributed by atoms with Crippen LogP contribution in [0.25, 0.3) is 0 Å². The van der Waals surface area contributed by atoms with E-state index in [0.29, 0.717) is 18.4 Å². The minimum Gasteiger partial charge on any atom is -0.379 e. The van der Waals surface area contributed by atoms with Gasteiger partial charge in [-0.05, 0) is 50.2 Å². The van der Waals surface area contributed by atoms with Crippen molar-refractivity contribution in [3.05, 3.63) is 35.4 Å². The maximum Gasteiger partial charge on any atom is 0.254 e. The largest absolute Gasteiger partial charge is 0.379 e. The first-order valence-electron chi connectivity index (χ1n) is 8.66.